The van der Waals surface area contributed by atoms with Gasteiger partial charge >= 0.3 is 0 Å². The van der Waals surface area contributed by atoms with E-state index in [0.29, 0.717) is 0 Å². The molecule has 0 radical (unpaired) electrons. The molecule has 0 saturated carbocycles. The highest BCUT2D eigenvalue weighted by atomic mass is 15.1. The number of hydrogen-bond acceptors (Lipinski definition) is 2. The second kappa shape index (κ2) is 10.8. The van der Waals surface area contributed by atoms with Crippen molar-refractivity contribution in [1.82, 2.24) is 0 Å². The molecule has 2 heteroatoms. The Morgan fingerprint density at radius 1 is 1.50 bits per heavy atom. The minimum Gasteiger partial charge on any atom is -0.323 e. The molecule has 0 aliphatic heterocycles. The van der Waals surface area contributed by atoms with Crippen molar-refractivity contribution in [3.63, 3.8) is 0 Å². The molecule has 0 saturated heterocycles. The van der Waals surface area contributed by atoms with E-state index in [2.05, 4.69) is 11.7 Å². The molecule has 0 aromatic rings. The number of allylic oxidation sites excluding steroid dienone is 3. The molecule has 0 spiro atoms. The van der Waals surface area contributed by atoms with E-state index < -0.39 is 0 Å². The number of rotatable bonds is 2. The van der Waals surface area contributed by atoms with Crippen LogP contribution in [0.15, 0.2) is 29.4 Å². The smallest absolute Gasteiger partial charge is 0.0468 e. The van der Waals surface area contributed by atoms with E-state index in [1.807, 2.05) is 20.8 Å². The van der Waals surface area contributed by atoms with Gasteiger partial charge in [-0.1, -0.05) is 32.1 Å². The molecule has 0 rings (SSSR count). The molecule has 2 nitrogen and oxygen atoms in total. The molecule has 0 unspecified atom stereocenters. The van der Waals surface area contributed by atoms with Gasteiger partial charge in [-0.15, -0.1) is 0 Å². The average molecular weight is 140 g/mol. The Kier molecular flexibility index (Phi) is 12.7. The molecule has 0 fully saturated rings. The van der Waals surface area contributed by atoms with Crippen molar-refractivity contribution in [2.45, 2.75) is 20.8 Å². The van der Waals surface area contributed by atoms with Gasteiger partial charge in [0.05, 0.1) is 0 Å². The SMILES string of the molecule is C=C/C(C)=C\C=N/N.CC. The topological polar surface area (TPSA) is 38.4 Å². The highest BCUT2D eigenvalue weighted by molar-refractivity contribution is 5.72. The van der Waals surface area contributed by atoms with Gasteiger partial charge in [0.1, 0.15) is 0 Å². The molecule has 0 aromatic carbocycles. The van der Waals surface area contributed by atoms with Crippen LogP contribution in [-0.2, 0) is 0 Å². The first-order chi connectivity index (χ1) is 4.81. The Morgan fingerprint density at radius 3 is 2.30 bits per heavy atom. The molecule has 0 atom stereocenters. The van der Waals surface area contributed by atoms with E-state index in [9.17, 15) is 0 Å². The lowest BCUT2D eigenvalue weighted by molar-refractivity contribution is 1.27. The van der Waals surface area contributed by atoms with Crippen LogP contribution < -0.4 is 5.84 Å². The second-order valence-corrected chi connectivity index (χ2v) is 1.41. The van der Waals surface area contributed by atoms with Gasteiger partial charge in [0.25, 0.3) is 0 Å². The molecule has 0 heterocycles. The third-order valence-electron chi connectivity index (χ3n) is 0.745. The molecule has 0 bridgehead atoms. The maximum Gasteiger partial charge on any atom is 0.0468 e. The zero-order valence-electron chi connectivity index (χ0n) is 6.96. The minimum absolute atomic E-state index is 1.05. The Hall–Kier alpha value is -1.05. The fraction of sp³-hybridized carbons (Fsp3) is 0.375. The normalized spacial score (nSPS) is 10.5. The molecular formula is C8H16N2. The van der Waals surface area contributed by atoms with Gasteiger partial charge in [-0.3, -0.25) is 0 Å². The molecule has 2 N–H and O–H groups in total. The molecule has 0 amide bonds. The van der Waals surface area contributed by atoms with Crippen LogP contribution in [0, 0.1) is 0 Å². The second-order valence-electron chi connectivity index (χ2n) is 1.41. The van der Waals surface area contributed by atoms with E-state index in [4.69, 9.17) is 5.84 Å². The van der Waals surface area contributed by atoms with Gasteiger partial charge in [0.15, 0.2) is 0 Å². The number of nitrogens with two attached hydrogens (primary N) is 1. The molecule has 0 aromatic heterocycles. The summed E-state index contributed by atoms with van der Waals surface area (Å²) in [6.07, 6.45) is 5.05. The number of hydrazone groups is 1. The molecule has 10 heavy (non-hydrogen) atoms. The van der Waals surface area contributed by atoms with Gasteiger partial charge in [0.2, 0.25) is 0 Å². The van der Waals surface area contributed by atoms with Crippen LogP contribution in [0.4, 0.5) is 0 Å². The first-order valence-corrected chi connectivity index (χ1v) is 3.34. The minimum atomic E-state index is 1.05. The lowest BCUT2D eigenvalue weighted by Gasteiger charge is -1.80. The first-order valence-electron chi connectivity index (χ1n) is 3.34. The van der Waals surface area contributed by atoms with E-state index in [-0.39, 0.29) is 0 Å². The van der Waals surface area contributed by atoms with Crippen molar-refractivity contribution in [2.24, 2.45) is 10.9 Å². The first kappa shape index (κ1) is 11.7. The lowest BCUT2D eigenvalue weighted by atomic mass is 10.3. The summed E-state index contributed by atoms with van der Waals surface area (Å²) in [5, 5.41) is 3.27. The Bertz CT molecular complexity index is 123. The van der Waals surface area contributed by atoms with E-state index >= 15 is 0 Å². The summed E-state index contributed by atoms with van der Waals surface area (Å²) in [5.41, 5.74) is 1.05. The largest absolute Gasteiger partial charge is 0.323 e. The van der Waals surface area contributed by atoms with E-state index in [0.717, 1.165) is 5.57 Å². The van der Waals surface area contributed by atoms with Crippen LogP contribution in [0.5, 0.6) is 0 Å². The van der Waals surface area contributed by atoms with Crippen LogP contribution in [0.2, 0.25) is 0 Å². The van der Waals surface area contributed by atoms with Crippen molar-refractivity contribution in [1.29, 1.82) is 0 Å². The van der Waals surface area contributed by atoms with Crippen molar-refractivity contribution in [3.05, 3.63) is 24.3 Å². The van der Waals surface area contributed by atoms with E-state index in [1.54, 1.807) is 12.2 Å². The van der Waals surface area contributed by atoms with Crippen LogP contribution >= 0.6 is 0 Å². The van der Waals surface area contributed by atoms with Crippen LogP contribution in [0.3, 0.4) is 0 Å². The molecule has 58 valence electrons. The fourth-order valence-electron chi connectivity index (χ4n) is 0.229. The molecule has 0 aliphatic carbocycles. The third-order valence-corrected chi connectivity index (χ3v) is 0.745. The van der Waals surface area contributed by atoms with Gasteiger partial charge < -0.3 is 5.84 Å². The third kappa shape index (κ3) is 10.0. The lowest BCUT2D eigenvalue weighted by Crippen LogP contribution is -1.78. The predicted molar refractivity (Wildman–Crippen MR) is 48.0 cm³/mol. The number of hydrogen-bond donors (Lipinski definition) is 1. The van der Waals surface area contributed by atoms with Crippen molar-refractivity contribution in [2.75, 3.05) is 0 Å². The van der Waals surface area contributed by atoms with E-state index in [1.165, 1.54) is 6.21 Å². The monoisotopic (exact) mass is 140 g/mol. The summed E-state index contributed by atoms with van der Waals surface area (Å²) < 4.78 is 0. The Morgan fingerprint density at radius 2 is 2.00 bits per heavy atom. The molecule has 0 aliphatic rings. The average Bonchev–Trinajstić information content (AvgIpc) is 2.04. The van der Waals surface area contributed by atoms with Crippen LogP contribution in [0.1, 0.15) is 20.8 Å². The summed E-state index contributed by atoms with van der Waals surface area (Å²) in [6.45, 7) is 9.47. The number of nitrogens with zero attached hydrogens (tertiary/aromatic N) is 1. The van der Waals surface area contributed by atoms with Gasteiger partial charge in [-0.2, -0.15) is 5.10 Å². The van der Waals surface area contributed by atoms with Crippen LogP contribution in [-0.4, -0.2) is 6.21 Å². The zero-order valence-corrected chi connectivity index (χ0v) is 6.96. The molecular weight excluding hydrogens is 124 g/mol. The quantitative estimate of drug-likeness (QED) is 0.271. The predicted octanol–water partition coefficient (Wildman–Crippen LogP) is 2.09. The summed E-state index contributed by atoms with van der Waals surface area (Å²) in [6, 6.07) is 0. The fourth-order valence-corrected chi connectivity index (χ4v) is 0.229. The van der Waals surface area contributed by atoms with Gasteiger partial charge in [-0.25, -0.2) is 0 Å². The van der Waals surface area contributed by atoms with Gasteiger partial charge in [-0.05, 0) is 13.0 Å². The van der Waals surface area contributed by atoms with Gasteiger partial charge in [0, 0.05) is 6.21 Å². The Labute approximate surface area is 63.1 Å². The van der Waals surface area contributed by atoms with Crippen molar-refractivity contribution < 1.29 is 0 Å². The highest BCUT2D eigenvalue weighted by Crippen LogP contribution is 1.87. The summed E-state index contributed by atoms with van der Waals surface area (Å²) in [5.74, 6) is 4.82. The summed E-state index contributed by atoms with van der Waals surface area (Å²) >= 11 is 0. The highest BCUT2D eigenvalue weighted by Gasteiger charge is 1.71. The maximum atomic E-state index is 4.82. The maximum absolute atomic E-state index is 4.82. The van der Waals surface area contributed by atoms with Crippen LogP contribution in [0.25, 0.3) is 0 Å². The Balaban J connectivity index is 0. The summed E-state index contributed by atoms with van der Waals surface area (Å²) in [4.78, 5) is 0. The standard InChI is InChI=1S/C6H10N2.C2H6/c1-3-6(2)4-5-8-7;1-2/h3-5H,1,7H2,2H3;1-2H3/b6-4-,8-5-;. The summed E-state index contributed by atoms with van der Waals surface area (Å²) in [7, 11) is 0. The zero-order chi connectivity index (χ0) is 8.41. The van der Waals surface area contributed by atoms with Crippen molar-refractivity contribution in [3.8, 4) is 0 Å². The van der Waals surface area contributed by atoms with Crippen molar-refractivity contribution >= 4 is 6.21 Å².